The van der Waals surface area contributed by atoms with Crippen molar-refractivity contribution in [1.82, 2.24) is 4.57 Å². The monoisotopic (exact) mass is 261 g/mol. The third-order valence-corrected chi connectivity index (χ3v) is 2.51. The van der Waals surface area contributed by atoms with E-state index in [1.54, 1.807) is 0 Å². The van der Waals surface area contributed by atoms with Gasteiger partial charge in [-0.25, -0.2) is 0 Å². The molecule has 2 aromatic rings. The normalized spacial score (nSPS) is 10.1. The number of benzene rings is 1. The number of nitrogens with one attached hydrogen (secondary N) is 1. The summed E-state index contributed by atoms with van der Waals surface area (Å²) in [5.41, 5.74) is 7.26. The highest BCUT2D eigenvalue weighted by Gasteiger charge is 2.06. The topological polar surface area (TPSA) is 52.2 Å². The van der Waals surface area contributed by atoms with Gasteiger partial charge in [-0.3, -0.25) is 0 Å². The van der Waals surface area contributed by atoms with Gasteiger partial charge in [0, 0.05) is 18.1 Å². The zero-order valence-electron chi connectivity index (χ0n) is 10.1. The molecule has 0 saturated heterocycles. The Kier molecular flexibility index (Phi) is 3.84. The van der Waals surface area contributed by atoms with E-state index in [1.807, 2.05) is 54.2 Å². The maximum atomic E-state index is 5.61. The van der Waals surface area contributed by atoms with Crippen LogP contribution in [0.15, 0.2) is 42.7 Å². The van der Waals surface area contributed by atoms with Gasteiger partial charge in [-0.1, -0.05) is 0 Å². The van der Waals surface area contributed by atoms with Crippen molar-refractivity contribution in [3.8, 4) is 11.4 Å². The van der Waals surface area contributed by atoms with Crippen LogP contribution in [0.2, 0.25) is 0 Å². The molecule has 94 valence electrons. The van der Waals surface area contributed by atoms with Crippen molar-refractivity contribution in [2.75, 3.05) is 11.9 Å². The molecule has 3 N–H and O–H groups in total. The summed E-state index contributed by atoms with van der Waals surface area (Å²) < 4.78 is 7.59. The van der Waals surface area contributed by atoms with Crippen molar-refractivity contribution >= 4 is 23.0 Å². The average Bonchev–Trinajstić information content (AvgIpc) is 2.84. The second-order valence-corrected chi connectivity index (χ2v) is 4.13. The van der Waals surface area contributed by atoms with Crippen molar-refractivity contribution in [2.24, 2.45) is 5.73 Å². The highest BCUT2D eigenvalue weighted by atomic mass is 32.1. The molecule has 0 aliphatic heterocycles. The number of nitrogens with two attached hydrogens (primary N) is 1. The Morgan fingerprint density at radius 2 is 2.11 bits per heavy atom. The van der Waals surface area contributed by atoms with Crippen LogP contribution in [0.5, 0.6) is 5.75 Å². The predicted molar refractivity (Wildman–Crippen MR) is 77.3 cm³/mol. The van der Waals surface area contributed by atoms with Gasteiger partial charge in [0.15, 0.2) is 5.11 Å². The molecule has 0 unspecified atom stereocenters. The average molecular weight is 261 g/mol. The molecule has 0 fully saturated rings. The summed E-state index contributed by atoms with van der Waals surface area (Å²) >= 11 is 4.83. The summed E-state index contributed by atoms with van der Waals surface area (Å²) in [7, 11) is 0. The molecule has 18 heavy (non-hydrogen) atoms. The first kappa shape index (κ1) is 12.4. The van der Waals surface area contributed by atoms with Crippen molar-refractivity contribution in [3.63, 3.8) is 0 Å². The fourth-order valence-electron chi connectivity index (χ4n) is 1.71. The van der Waals surface area contributed by atoms with Gasteiger partial charge in [-0.05, 0) is 49.5 Å². The van der Waals surface area contributed by atoms with E-state index in [2.05, 4.69) is 5.32 Å². The molecule has 4 nitrogen and oxygen atoms in total. The number of nitrogens with zero attached hydrogens (tertiary/aromatic N) is 1. The van der Waals surface area contributed by atoms with Gasteiger partial charge in [0.1, 0.15) is 5.75 Å². The Bertz CT molecular complexity index is 537. The molecule has 1 aromatic heterocycles. The Balaban J connectivity index is 2.41. The van der Waals surface area contributed by atoms with Gasteiger partial charge in [0.25, 0.3) is 0 Å². The van der Waals surface area contributed by atoms with Crippen molar-refractivity contribution in [3.05, 3.63) is 42.7 Å². The van der Waals surface area contributed by atoms with E-state index < -0.39 is 0 Å². The van der Waals surface area contributed by atoms with Crippen molar-refractivity contribution in [1.29, 1.82) is 0 Å². The number of rotatable bonds is 4. The van der Waals surface area contributed by atoms with Crippen LogP contribution in [0.1, 0.15) is 6.92 Å². The molecule has 0 aliphatic carbocycles. The highest BCUT2D eigenvalue weighted by molar-refractivity contribution is 7.80. The van der Waals surface area contributed by atoms with Crippen LogP contribution < -0.4 is 15.8 Å². The molecule has 0 bridgehead atoms. The minimum Gasteiger partial charge on any atom is -0.492 e. The van der Waals surface area contributed by atoms with E-state index in [4.69, 9.17) is 22.7 Å². The van der Waals surface area contributed by atoms with E-state index in [0.717, 1.165) is 17.1 Å². The van der Waals surface area contributed by atoms with Gasteiger partial charge in [0.05, 0.1) is 12.3 Å². The highest BCUT2D eigenvalue weighted by Crippen LogP contribution is 2.26. The second kappa shape index (κ2) is 5.55. The summed E-state index contributed by atoms with van der Waals surface area (Å²) in [6, 6.07) is 9.66. The zero-order chi connectivity index (χ0) is 13.0. The molecule has 0 amide bonds. The van der Waals surface area contributed by atoms with Crippen LogP contribution in [0, 0.1) is 0 Å². The molecule has 1 aromatic carbocycles. The number of hydrogen-bond donors (Lipinski definition) is 2. The van der Waals surface area contributed by atoms with Crippen LogP contribution in [0.3, 0.4) is 0 Å². The molecule has 0 saturated carbocycles. The molecular weight excluding hydrogens is 246 g/mol. The lowest BCUT2D eigenvalue weighted by Gasteiger charge is -2.13. The smallest absolute Gasteiger partial charge is 0.168 e. The summed E-state index contributed by atoms with van der Waals surface area (Å²) in [5, 5.41) is 3.16. The standard InChI is InChI=1S/C13H15N3OS/c1-2-17-12-6-5-10(15-13(14)18)9-11(12)16-7-3-4-8-16/h3-9H,2H2,1H3,(H3,14,15,18). The molecule has 0 atom stereocenters. The molecule has 1 heterocycles. The van der Waals surface area contributed by atoms with Gasteiger partial charge < -0.3 is 20.4 Å². The number of anilines is 1. The molecular formula is C13H15N3OS. The maximum absolute atomic E-state index is 5.61. The lowest BCUT2D eigenvalue weighted by atomic mass is 10.2. The number of aromatic nitrogens is 1. The SMILES string of the molecule is CCOc1ccc(NC(N)=S)cc1-n1cccc1. The van der Waals surface area contributed by atoms with Crippen LogP contribution in [-0.4, -0.2) is 16.3 Å². The lowest BCUT2D eigenvalue weighted by Crippen LogP contribution is -2.19. The quantitative estimate of drug-likeness (QED) is 0.830. The lowest BCUT2D eigenvalue weighted by molar-refractivity contribution is 0.339. The summed E-state index contributed by atoms with van der Waals surface area (Å²) in [6.45, 7) is 2.58. The van der Waals surface area contributed by atoms with Crippen LogP contribution in [0.4, 0.5) is 5.69 Å². The molecule has 2 rings (SSSR count). The van der Waals surface area contributed by atoms with Gasteiger partial charge in [0.2, 0.25) is 0 Å². The number of ether oxygens (including phenoxy) is 1. The van der Waals surface area contributed by atoms with E-state index in [1.165, 1.54) is 0 Å². The summed E-state index contributed by atoms with van der Waals surface area (Å²) in [6.07, 6.45) is 3.92. The predicted octanol–water partition coefficient (Wildman–Crippen LogP) is 2.53. The first-order chi connectivity index (χ1) is 8.70. The zero-order valence-corrected chi connectivity index (χ0v) is 10.9. The van der Waals surface area contributed by atoms with Gasteiger partial charge in [-0.2, -0.15) is 0 Å². The molecule has 0 spiro atoms. The first-order valence-corrected chi connectivity index (χ1v) is 6.08. The van der Waals surface area contributed by atoms with Crippen LogP contribution in [-0.2, 0) is 0 Å². The molecule has 0 aliphatic rings. The van der Waals surface area contributed by atoms with Gasteiger partial charge >= 0.3 is 0 Å². The Morgan fingerprint density at radius 3 is 2.72 bits per heavy atom. The van der Waals surface area contributed by atoms with E-state index in [9.17, 15) is 0 Å². The third-order valence-electron chi connectivity index (χ3n) is 2.41. The third kappa shape index (κ3) is 2.81. The minimum absolute atomic E-state index is 0.248. The Hall–Kier alpha value is -2.01. The minimum atomic E-state index is 0.248. The van der Waals surface area contributed by atoms with E-state index >= 15 is 0 Å². The van der Waals surface area contributed by atoms with Crippen LogP contribution >= 0.6 is 12.2 Å². The Labute approximate surface area is 111 Å². The Morgan fingerprint density at radius 1 is 1.39 bits per heavy atom. The van der Waals surface area contributed by atoms with E-state index in [0.29, 0.717) is 6.61 Å². The second-order valence-electron chi connectivity index (χ2n) is 3.70. The number of hydrogen-bond acceptors (Lipinski definition) is 2. The fraction of sp³-hybridized carbons (Fsp3) is 0.154. The first-order valence-electron chi connectivity index (χ1n) is 5.67. The van der Waals surface area contributed by atoms with Crippen molar-refractivity contribution in [2.45, 2.75) is 6.92 Å². The maximum Gasteiger partial charge on any atom is 0.168 e. The van der Waals surface area contributed by atoms with E-state index in [-0.39, 0.29) is 5.11 Å². The van der Waals surface area contributed by atoms with Crippen LogP contribution in [0.25, 0.3) is 5.69 Å². The summed E-state index contributed by atoms with van der Waals surface area (Å²) in [4.78, 5) is 0. The summed E-state index contributed by atoms with van der Waals surface area (Å²) in [5.74, 6) is 0.821. The molecule has 0 radical (unpaired) electrons. The molecule has 5 heteroatoms. The largest absolute Gasteiger partial charge is 0.492 e. The fourth-order valence-corrected chi connectivity index (χ4v) is 1.83. The number of thiocarbonyl (C=S) groups is 1. The van der Waals surface area contributed by atoms with Crippen molar-refractivity contribution < 1.29 is 4.74 Å². The van der Waals surface area contributed by atoms with Gasteiger partial charge in [-0.15, -0.1) is 0 Å².